The van der Waals surface area contributed by atoms with Crippen LogP contribution in [0, 0.1) is 0 Å². The molecule has 3 aromatic rings. The standard InChI is InChI=1S/C19H18N2O6/c1-9-15(22)16(23)17(24)19(26-9)27-18(25)10-5-4-8-13-14(10)21-12-7-3-2-6-11(12)20-13/h2-9,15-17,19,22-24H,1H3. The Labute approximate surface area is 154 Å². The van der Waals surface area contributed by atoms with Gasteiger partial charge in [-0.25, -0.2) is 14.8 Å². The Kier molecular flexibility index (Phi) is 4.48. The van der Waals surface area contributed by atoms with Gasteiger partial charge in [0.2, 0.25) is 6.29 Å². The fraction of sp³-hybridized carbons (Fsp3) is 0.316. The van der Waals surface area contributed by atoms with E-state index >= 15 is 0 Å². The smallest absolute Gasteiger partial charge is 0.342 e. The van der Waals surface area contributed by atoms with E-state index in [0.29, 0.717) is 22.1 Å². The summed E-state index contributed by atoms with van der Waals surface area (Å²) in [5, 5.41) is 29.6. The number of benzene rings is 2. The first-order chi connectivity index (χ1) is 13.0. The Morgan fingerprint density at radius 3 is 2.33 bits per heavy atom. The Bertz CT molecular complexity index is 1010. The van der Waals surface area contributed by atoms with Crippen LogP contribution in [-0.2, 0) is 9.47 Å². The Hall–Kier alpha value is -2.65. The quantitative estimate of drug-likeness (QED) is 0.447. The van der Waals surface area contributed by atoms with E-state index < -0.39 is 36.7 Å². The van der Waals surface area contributed by atoms with E-state index in [0.717, 1.165) is 0 Å². The monoisotopic (exact) mass is 370 g/mol. The highest BCUT2D eigenvalue weighted by molar-refractivity contribution is 6.03. The van der Waals surface area contributed by atoms with Gasteiger partial charge in [-0.2, -0.15) is 0 Å². The summed E-state index contributed by atoms with van der Waals surface area (Å²) < 4.78 is 10.6. The molecule has 8 heteroatoms. The molecule has 2 heterocycles. The molecule has 27 heavy (non-hydrogen) atoms. The van der Waals surface area contributed by atoms with Gasteiger partial charge in [-0.15, -0.1) is 0 Å². The van der Waals surface area contributed by atoms with Crippen LogP contribution in [0.4, 0.5) is 0 Å². The third-order valence-corrected chi connectivity index (χ3v) is 4.62. The minimum absolute atomic E-state index is 0.162. The van der Waals surface area contributed by atoms with Crippen molar-refractivity contribution in [2.24, 2.45) is 0 Å². The van der Waals surface area contributed by atoms with Gasteiger partial charge >= 0.3 is 5.97 Å². The number of nitrogens with zero attached hydrogens (tertiary/aromatic N) is 2. The zero-order valence-electron chi connectivity index (χ0n) is 14.4. The lowest BCUT2D eigenvalue weighted by Crippen LogP contribution is -2.57. The summed E-state index contributed by atoms with van der Waals surface area (Å²) in [5.41, 5.74) is 2.38. The van der Waals surface area contributed by atoms with Gasteiger partial charge in [-0.1, -0.05) is 18.2 Å². The van der Waals surface area contributed by atoms with Crippen LogP contribution in [0.5, 0.6) is 0 Å². The first-order valence-electron chi connectivity index (χ1n) is 8.52. The summed E-state index contributed by atoms with van der Waals surface area (Å²) >= 11 is 0. The van der Waals surface area contributed by atoms with Crippen LogP contribution in [0.2, 0.25) is 0 Å². The molecule has 1 aliphatic rings. The van der Waals surface area contributed by atoms with Crippen molar-refractivity contribution >= 4 is 28.0 Å². The lowest BCUT2D eigenvalue weighted by molar-refractivity contribution is -0.276. The van der Waals surface area contributed by atoms with Gasteiger partial charge in [-0.05, 0) is 31.2 Å². The zero-order chi connectivity index (χ0) is 19.1. The molecular formula is C19H18N2O6. The van der Waals surface area contributed by atoms with Crippen LogP contribution in [0.25, 0.3) is 22.1 Å². The summed E-state index contributed by atoms with van der Waals surface area (Å²) in [5.74, 6) is -0.773. The molecule has 1 saturated heterocycles. The number of aromatic nitrogens is 2. The van der Waals surface area contributed by atoms with Crippen molar-refractivity contribution in [1.82, 2.24) is 9.97 Å². The summed E-state index contributed by atoms with van der Waals surface area (Å²) in [6.45, 7) is 1.51. The van der Waals surface area contributed by atoms with E-state index in [1.54, 1.807) is 18.2 Å². The van der Waals surface area contributed by atoms with Crippen LogP contribution in [0.15, 0.2) is 42.5 Å². The maximum atomic E-state index is 12.7. The number of hydrogen-bond acceptors (Lipinski definition) is 8. The molecule has 1 fully saturated rings. The molecule has 8 nitrogen and oxygen atoms in total. The first kappa shape index (κ1) is 17.7. The SMILES string of the molecule is CC1OC(OC(=O)c2cccc3nc4ccccc4nc23)C(O)C(O)C1O. The molecule has 0 spiro atoms. The van der Waals surface area contributed by atoms with E-state index in [-0.39, 0.29) is 5.56 Å². The molecule has 5 atom stereocenters. The van der Waals surface area contributed by atoms with Crippen molar-refractivity contribution in [1.29, 1.82) is 0 Å². The molecule has 0 amide bonds. The summed E-state index contributed by atoms with van der Waals surface area (Å²) in [7, 11) is 0. The van der Waals surface area contributed by atoms with E-state index in [2.05, 4.69) is 9.97 Å². The van der Waals surface area contributed by atoms with Crippen molar-refractivity contribution in [3.05, 3.63) is 48.0 Å². The van der Waals surface area contributed by atoms with Gasteiger partial charge in [0.25, 0.3) is 0 Å². The largest absolute Gasteiger partial charge is 0.429 e. The Morgan fingerprint density at radius 1 is 0.926 bits per heavy atom. The summed E-state index contributed by atoms with van der Waals surface area (Å²) in [4.78, 5) is 21.7. The maximum Gasteiger partial charge on any atom is 0.342 e. The van der Waals surface area contributed by atoms with Crippen molar-refractivity contribution in [3.63, 3.8) is 0 Å². The molecular weight excluding hydrogens is 352 g/mol. The Morgan fingerprint density at radius 2 is 1.59 bits per heavy atom. The zero-order valence-corrected chi connectivity index (χ0v) is 14.4. The number of esters is 1. The van der Waals surface area contributed by atoms with Crippen LogP contribution in [0.1, 0.15) is 17.3 Å². The van der Waals surface area contributed by atoms with Crippen LogP contribution in [-0.4, -0.2) is 62.0 Å². The normalized spacial score (nSPS) is 28.4. The number of carbonyl (C=O) groups is 1. The number of hydrogen-bond donors (Lipinski definition) is 3. The number of carbonyl (C=O) groups excluding carboxylic acids is 1. The second kappa shape index (κ2) is 6.82. The van der Waals surface area contributed by atoms with Crippen LogP contribution in [0.3, 0.4) is 0 Å². The minimum atomic E-state index is -1.57. The van der Waals surface area contributed by atoms with Gasteiger partial charge < -0.3 is 24.8 Å². The molecule has 0 radical (unpaired) electrons. The fourth-order valence-corrected chi connectivity index (χ4v) is 3.09. The summed E-state index contributed by atoms with van der Waals surface area (Å²) in [6, 6.07) is 12.2. The maximum absolute atomic E-state index is 12.7. The van der Waals surface area contributed by atoms with Gasteiger partial charge in [0.15, 0.2) is 0 Å². The van der Waals surface area contributed by atoms with Gasteiger partial charge in [0.05, 0.1) is 28.2 Å². The minimum Gasteiger partial charge on any atom is -0.429 e. The lowest BCUT2D eigenvalue weighted by atomic mass is 10.00. The van der Waals surface area contributed by atoms with Crippen molar-refractivity contribution < 1.29 is 29.6 Å². The molecule has 140 valence electrons. The van der Waals surface area contributed by atoms with E-state index in [1.807, 2.05) is 18.2 Å². The van der Waals surface area contributed by atoms with E-state index in [4.69, 9.17) is 9.47 Å². The number of aliphatic hydroxyl groups excluding tert-OH is 3. The van der Waals surface area contributed by atoms with Crippen molar-refractivity contribution in [3.8, 4) is 0 Å². The third kappa shape index (κ3) is 3.13. The molecule has 0 bridgehead atoms. The molecule has 4 rings (SSSR count). The molecule has 1 aromatic heterocycles. The molecule has 0 saturated carbocycles. The van der Waals surface area contributed by atoms with Gasteiger partial charge in [-0.3, -0.25) is 0 Å². The topological polar surface area (TPSA) is 122 Å². The highest BCUT2D eigenvalue weighted by atomic mass is 16.7. The Balaban J connectivity index is 1.67. The number of aliphatic hydroxyl groups is 3. The highest BCUT2D eigenvalue weighted by Crippen LogP contribution is 2.25. The van der Waals surface area contributed by atoms with E-state index in [9.17, 15) is 20.1 Å². The number of rotatable bonds is 2. The predicted molar refractivity (Wildman–Crippen MR) is 94.8 cm³/mol. The fourth-order valence-electron chi connectivity index (χ4n) is 3.09. The average Bonchev–Trinajstić information content (AvgIpc) is 2.68. The molecule has 0 aliphatic carbocycles. The predicted octanol–water partition coefficient (Wildman–Crippen LogP) is 0.767. The van der Waals surface area contributed by atoms with E-state index in [1.165, 1.54) is 13.0 Å². The van der Waals surface area contributed by atoms with Gasteiger partial charge in [0, 0.05) is 0 Å². The second-order valence-electron chi connectivity index (χ2n) is 6.47. The average molecular weight is 370 g/mol. The lowest BCUT2D eigenvalue weighted by Gasteiger charge is -2.38. The molecule has 5 unspecified atom stereocenters. The molecule has 1 aliphatic heterocycles. The molecule has 3 N–H and O–H groups in total. The van der Waals surface area contributed by atoms with Gasteiger partial charge in [0.1, 0.15) is 23.8 Å². The third-order valence-electron chi connectivity index (χ3n) is 4.62. The number of ether oxygens (including phenoxy) is 2. The molecule has 2 aromatic carbocycles. The highest BCUT2D eigenvalue weighted by Gasteiger charge is 2.44. The van der Waals surface area contributed by atoms with Crippen LogP contribution >= 0.6 is 0 Å². The van der Waals surface area contributed by atoms with Crippen LogP contribution < -0.4 is 0 Å². The van der Waals surface area contributed by atoms with Crippen molar-refractivity contribution in [2.45, 2.75) is 37.6 Å². The van der Waals surface area contributed by atoms with Crippen molar-refractivity contribution in [2.75, 3.05) is 0 Å². The number of para-hydroxylation sites is 3. The second-order valence-corrected chi connectivity index (χ2v) is 6.47. The first-order valence-corrected chi connectivity index (χ1v) is 8.52. The number of fused-ring (bicyclic) bond motifs is 2. The summed E-state index contributed by atoms with van der Waals surface area (Å²) in [6.07, 6.45) is -6.54.